The molecular weight excluding hydrogens is 278 g/mol. The van der Waals surface area contributed by atoms with Crippen LogP contribution in [-0.2, 0) is 0 Å². The van der Waals surface area contributed by atoms with E-state index >= 15 is 0 Å². The maximum absolute atomic E-state index is 5.83. The summed E-state index contributed by atoms with van der Waals surface area (Å²) < 4.78 is 7.00. The van der Waals surface area contributed by atoms with Crippen LogP contribution in [0.4, 0.5) is 0 Å². The first-order valence-corrected chi connectivity index (χ1v) is 6.78. The molecule has 0 fully saturated rings. The van der Waals surface area contributed by atoms with E-state index in [0.717, 1.165) is 18.9 Å². The fourth-order valence-electron chi connectivity index (χ4n) is 1.60. The van der Waals surface area contributed by atoms with E-state index in [4.69, 9.17) is 4.74 Å². The smallest absolute Gasteiger partial charge is 0.122 e. The average molecular weight is 300 g/mol. The van der Waals surface area contributed by atoms with Gasteiger partial charge in [-0.15, -0.1) is 0 Å². The molecule has 2 nitrogen and oxygen atoms in total. The van der Waals surface area contributed by atoms with Gasteiger partial charge in [0, 0.05) is 11.0 Å². The minimum atomic E-state index is 0.501. The molecule has 0 N–H and O–H groups in total. The van der Waals surface area contributed by atoms with Crippen molar-refractivity contribution < 1.29 is 4.74 Å². The Hall–Kier alpha value is -0.540. The van der Waals surface area contributed by atoms with Gasteiger partial charge in [0.15, 0.2) is 0 Å². The highest BCUT2D eigenvalue weighted by Gasteiger charge is 2.09. The number of likely N-dealkylation sites (N-methyl/N-ethyl adjacent to an activating group) is 1. The van der Waals surface area contributed by atoms with Crippen LogP contribution in [0.3, 0.4) is 0 Å². The summed E-state index contributed by atoms with van der Waals surface area (Å²) in [6.45, 7) is 8.14. The molecule has 0 aliphatic carbocycles. The van der Waals surface area contributed by atoms with Crippen LogP contribution in [0.5, 0.6) is 5.75 Å². The number of rotatable bonds is 5. The second-order valence-corrected chi connectivity index (χ2v) is 5.80. The third kappa shape index (κ3) is 4.32. The highest BCUT2D eigenvalue weighted by molar-refractivity contribution is 9.10. The molecule has 96 valence electrons. The molecule has 1 rings (SSSR count). The number of ether oxygens (including phenoxy) is 1. The van der Waals surface area contributed by atoms with Gasteiger partial charge in [-0.05, 0) is 50.2 Å². The zero-order valence-electron chi connectivity index (χ0n) is 11.4. The maximum Gasteiger partial charge on any atom is 0.122 e. The molecule has 0 heterocycles. The van der Waals surface area contributed by atoms with Crippen molar-refractivity contribution in [3.05, 3.63) is 27.7 Å². The Morgan fingerprint density at radius 3 is 2.47 bits per heavy atom. The predicted molar refractivity (Wildman–Crippen MR) is 77.0 cm³/mol. The highest BCUT2D eigenvalue weighted by atomic mass is 79.9. The average Bonchev–Trinajstić information content (AvgIpc) is 2.20. The first-order valence-electron chi connectivity index (χ1n) is 5.99. The molecule has 0 aliphatic rings. The van der Waals surface area contributed by atoms with Gasteiger partial charge < -0.3 is 9.64 Å². The van der Waals surface area contributed by atoms with Crippen LogP contribution >= 0.6 is 15.9 Å². The summed E-state index contributed by atoms with van der Waals surface area (Å²) in [6, 6.07) is 4.29. The van der Waals surface area contributed by atoms with Gasteiger partial charge in [-0.1, -0.05) is 29.8 Å². The Labute approximate surface area is 113 Å². The van der Waals surface area contributed by atoms with E-state index in [9.17, 15) is 0 Å². The zero-order valence-corrected chi connectivity index (χ0v) is 13.0. The van der Waals surface area contributed by atoms with E-state index in [1.165, 1.54) is 15.6 Å². The van der Waals surface area contributed by atoms with Gasteiger partial charge in [-0.3, -0.25) is 0 Å². The van der Waals surface area contributed by atoms with E-state index < -0.39 is 0 Å². The van der Waals surface area contributed by atoms with Gasteiger partial charge in [0.1, 0.15) is 12.4 Å². The summed E-state index contributed by atoms with van der Waals surface area (Å²) >= 11 is 3.61. The van der Waals surface area contributed by atoms with Crippen LogP contribution in [0.2, 0.25) is 0 Å². The number of halogens is 1. The minimum absolute atomic E-state index is 0.501. The lowest BCUT2D eigenvalue weighted by Crippen LogP contribution is -2.19. The lowest BCUT2D eigenvalue weighted by molar-refractivity contribution is 0.260. The first kappa shape index (κ1) is 14.5. The van der Waals surface area contributed by atoms with Gasteiger partial charge >= 0.3 is 0 Å². The third-order valence-corrected chi connectivity index (χ3v) is 3.40. The van der Waals surface area contributed by atoms with Crippen LogP contribution in [0, 0.1) is 6.92 Å². The standard InChI is InChI=1S/C14H22BrNO/c1-10(2)12-9-14(11(3)8-13(12)15)17-7-6-16(4)5/h8-10H,6-7H2,1-5H3. The van der Waals surface area contributed by atoms with Crippen molar-refractivity contribution in [3.63, 3.8) is 0 Å². The molecule has 0 atom stereocenters. The van der Waals surface area contributed by atoms with Crippen LogP contribution in [-0.4, -0.2) is 32.1 Å². The normalized spacial score (nSPS) is 11.3. The molecule has 0 unspecified atom stereocenters. The van der Waals surface area contributed by atoms with Crippen molar-refractivity contribution in [2.75, 3.05) is 27.2 Å². The van der Waals surface area contributed by atoms with Gasteiger partial charge in [-0.25, -0.2) is 0 Å². The second-order valence-electron chi connectivity index (χ2n) is 4.95. The Morgan fingerprint density at radius 1 is 1.29 bits per heavy atom. The fourth-order valence-corrected chi connectivity index (χ4v) is 2.52. The number of aryl methyl sites for hydroxylation is 1. The van der Waals surface area contributed by atoms with E-state index in [1.807, 2.05) is 0 Å². The van der Waals surface area contributed by atoms with Crippen LogP contribution in [0.1, 0.15) is 30.9 Å². The number of hydrogen-bond donors (Lipinski definition) is 0. The predicted octanol–water partition coefficient (Wildman–Crippen LogP) is 3.82. The molecule has 0 bridgehead atoms. The Bertz CT molecular complexity index is 375. The Balaban J connectivity index is 2.81. The van der Waals surface area contributed by atoms with E-state index in [1.54, 1.807) is 0 Å². The summed E-state index contributed by atoms with van der Waals surface area (Å²) in [5.74, 6) is 1.50. The number of nitrogens with zero attached hydrogens (tertiary/aromatic N) is 1. The molecule has 0 aliphatic heterocycles. The molecule has 0 saturated carbocycles. The monoisotopic (exact) mass is 299 g/mol. The second kappa shape index (κ2) is 6.41. The first-order chi connectivity index (χ1) is 7.91. The maximum atomic E-state index is 5.83. The fraction of sp³-hybridized carbons (Fsp3) is 0.571. The van der Waals surface area contributed by atoms with Gasteiger partial charge in [0.25, 0.3) is 0 Å². The van der Waals surface area contributed by atoms with Crippen molar-refractivity contribution in [2.24, 2.45) is 0 Å². The highest BCUT2D eigenvalue weighted by Crippen LogP contribution is 2.31. The molecule has 0 radical (unpaired) electrons. The molecule has 0 aromatic heterocycles. The van der Waals surface area contributed by atoms with E-state index in [-0.39, 0.29) is 0 Å². The van der Waals surface area contributed by atoms with Crippen LogP contribution < -0.4 is 4.74 Å². The summed E-state index contributed by atoms with van der Waals surface area (Å²) in [4.78, 5) is 2.12. The summed E-state index contributed by atoms with van der Waals surface area (Å²) in [5, 5.41) is 0. The van der Waals surface area contributed by atoms with Crippen molar-refractivity contribution in [1.82, 2.24) is 4.90 Å². The molecule has 0 saturated heterocycles. The Kier molecular flexibility index (Phi) is 5.47. The minimum Gasteiger partial charge on any atom is -0.492 e. The Morgan fingerprint density at radius 2 is 1.94 bits per heavy atom. The van der Waals surface area contributed by atoms with Crippen LogP contribution in [0.15, 0.2) is 16.6 Å². The summed E-state index contributed by atoms with van der Waals surface area (Å²) in [6.07, 6.45) is 0. The summed E-state index contributed by atoms with van der Waals surface area (Å²) in [7, 11) is 4.11. The van der Waals surface area contributed by atoms with Gasteiger partial charge in [0.2, 0.25) is 0 Å². The largest absolute Gasteiger partial charge is 0.492 e. The zero-order chi connectivity index (χ0) is 13.0. The van der Waals surface area contributed by atoms with Gasteiger partial charge in [0.05, 0.1) is 0 Å². The number of hydrogen-bond acceptors (Lipinski definition) is 2. The van der Waals surface area contributed by atoms with E-state index in [2.05, 4.69) is 67.8 Å². The quantitative estimate of drug-likeness (QED) is 0.819. The van der Waals surface area contributed by atoms with Crippen molar-refractivity contribution >= 4 is 15.9 Å². The van der Waals surface area contributed by atoms with Crippen LogP contribution in [0.25, 0.3) is 0 Å². The molecule has 3 heteroatoms. The van der Waals surface area contributed by atoms with Crippen molar-refractivity contribution in [3.8, 4) is 5.75 Å². The van der Waals surface area contributed by atoms with Crippen molar-refractivity contribution in [2.45, 2.75) is 26.7 Å². The molecule has 0 amide bonds. The third-order valence-electron chi connectivity index (χ3n) is 2.71. The summed E-state index contributed by atoms with van der Waals surface area (Å²) in [5.41, 5.74) is 2.48. The van der Waals surface area contributed by atoms with E-state index in [0.29, 0.717) is 5.92 Å². The molecule has 17 heavy (non-hydrogen) atoms. The molecule has 1 aromatic rings. The SMILES string of the molecule is Cc1cc(Br)c(C(C)C)cc1OCCN(C)C. The lowest BCUT2D eigenvalue weighted by Gasteiger charge is -2.16. The lowest BCUT2D eigenvalue weighted by atomic mass is 10.0. The molecular formula is C14H22BrNO. The topological polar surface area (TPSA) is 12.5 Å². The molecule has 0 spiro atoms. The number of benzene rings is 1. The molecule has 1 aromatic carbocycles. The van der Waals surface area contributed by atoms with Gasteiger partial charge in [-0.2, -0.15) is 0 Å². The van der Waals surface area contributed by atoms with Crippen molar-refractivity contribution in [1.29, 1.82) is 0 Å².